The van der Waals surface area contributed by atoms with Gasteiger partial charge in [-0.1, -0.05) is 48.5 Å². The molecular formula is C18H26N4O2S2. The second-order valence-corrected chi connectivity index (χ2v) is 10.1. The van der Waals surface area contributed by atoms with Crippen molar-refractivity contribution in [3.05, 3.63) is 41.7 Å². The van der Waals surface area contributed by atoms with Gasteiger partial charge < -0.3 is 4.57 Å². The van der Waals surface area contributed by atoms with Crippen LogP contribution >= 0.6 is 11.8 Å². The Morgan fingerprint density at radius 3 is 2.46 bits per heavy atom. The molecule has 0 radical (unpaired) electrons. The molecule has 142 valence electrons. The molecule has 1 aliphatic heterocycles. The van der Waals surface area contributed by atoms with Gasteiger partial charge in [0.05, 0.1) is 18.8 Å². The number of sulfone groups is 1. The minimum absolute atomic E-state index is 0.150. The highest BCUT2D eigenvalue weighted by Crippen LogP contribution is 2.21. The van der Waals surface area contributed by atoms with E-state index in [1.807, 2.05) is 18.2 Å². The molecule has 26 heavy (non-hydrogen) atoms. The van der Waals surface area contributed by atoms with Gasteiger partial charge >= 0.3 is 0 Å². The topological polar surface area (TPSA) is 68.1 Å². The van der Waals surface area contributed by atoms with Gasteiger partial charge in [0.25, 0.3) is 0 Å². The molecule has 0 spiro atoms. The van der Waals surface area contributed by atoms with Crippen molar-refractivity contribution in [1.29, 1.82) is 0 Å². The molecule has 8 heteroatoms. The summed E-state index contributed by atoms with van der Waals surface area (Å²) in [4.78, 5) is 2.43. The highest BCUT2D eigenvalue weighted by molar-refractivity contribution is 8.00. The van der Waals surface area contributed by atoms with Crippen molar-refractivity contribution in [2.75, 3.05) is 30.9 Å². The van der Waals surface area contributed by atoms with Crippen molar-refractivity contribution in [2.24, 2.45) is 0 Å². The van der Waals surface area contributed by atoms with Crippen molar-refractivity contribution in [1.82, 2.24) is 19.7 Å². The fraction of sp³-hybridized carbons (Fsp3) is 0.556. The number of benzene rings is 1. The van der Waals surface area contributed by atoms with Gasteiger partial charge in [-0.05, 0) is 31.5 Å². The van der Waals surface area contributed by atoms with E-state index in [4.69, 9.17) is 0 Å². The summed E-state index contributed by atoms with van der Waals surface area (Å²) in [5, 5.41) is 9.57. The average molecular weight is 395 g/mol. The molecule has 0 bridgehead atoms. The van der Waals surface area contributed by atoms with E-state index in [1.54, 1.807) is 0 Å². The molecule has 1 aromatic carbocycles. The molecule has 0 saturated carbocycles. The summed E-state index contributed by atoms with van der Waals surface area (Å²) >= 11 is 1.47. The van der Waals surface area contributed by atoms with Crippen LogP contribution in [0.2, 0.25) is 0 Å². The molecule has 0 aliphatic carbocycles. The molecule has 0 N–H and O–H groups in total. The minimum Gasteiger partial charge on any atom is -0.300 e. The molecule has 0 amide bonds. The van der Waals surface area contributed by atoms with Crippen molar-refractivity contribution in [3.63, 3.8) is 0 Å². The van der Waals surface area contributed by atoms with Crippen LogP contribution in [0.4, 0.5) is 0 Å². The Bertz CT molecular complexity index is 800. The van der Waals surface area contributed by atoms with E-state index in [1.165, 1.54) is 42.8 Å². The molecule has 3 rings (SSSR count). The maximum absolute atomic E-state index is 11.4. The van der Waals surface area contributed by atoms with E-state index in [-0.39, 0.29) is 5.75 Å². The molecule has 2 heterocycles. The summed E-state index contributed by atoms with van der Waals surface area (Å²) in [5.41, 5.74) is 1.19. The highest BCUT2D eigenvalue weighted by atomic mass is 32.2. The van der Waals surface area contributed by atoms with E-state index < -0.39 is 9.84 Å². The van der Waals surface area contributed by atoms with Crippen LogP contribution in [0, 0.1) is 0 Å². The Kier molecular flexibility index (Phi) is 6.72. The first kappa shape index (κ1) is 19.4. The van der Waals surface area contributed by atoms with Crippen molar-refractivity contribution >= 4 is 21.6 Å². The lowest BCUT2D eigenvalue weighted by atomic mass is 10.1. The highest BCUT2D eigenvalue weighted by Gasteiger charge is 2.18. The van der Waals surface area contributed by atoms with Crippen LogP contribution in [0.25, 0.3) is 0 Å². The predicted octanol–water partition coefficient (Wildman–Crippen LogP) is 2.45. The molecule has 0 unspecified atom stereocenters. The van der Waals surface area contributed by atoms with Crippen LogP contribution in [0.5, 0.6) is 0 Å². The Balaban J connectivity index is 1.76. The van der Waals surface area contributed by atoms with Crippen LogP contribution in [-0.4, -0.2) is 58.9 Å². The zero-order valence-corrected chi connectivity index (χ0v) is 16.8. The number of aromatic nitrogens is 3. The van der Waals surface area contributed by atoms with Gasteiger partial charge in [0, 0.05) is 12.0 Å². The number of piperidine rings is 1. The van der Waals surface area contributed by atoms with Crippen LogP contribution in [-0.2, 0) is 22.9 Å². The lowest BCUT2D eigenvalue weighted by Gasteiger charge is -2.26. The minimum atomic E-state index is -2.97. The van der Waals surface area contributed by atoms with E-state index >= 15 is 0 Å². The number of likely N-dealkylation sites (tertiary alicyclic amines) is 1. The van der Waals surface area contributed by atoms with Crippen LogP contribution in [0.1, 0.15) is 30.7 Å². The first-order valence-corrected chi connectivity index (χ1v) is 12.0. The second-order valence-electron chi connectivity index (χ2n) is 6.79. The maximum Gasteiger partial charge on any atom is 0.191 e. The fourth-order valence-electron chi connectivity index (χ4n) is 3.07. The Morgan fingerprint density at radius 2 is 1.77 bits per heavy atom. The van der Waals surface area contributed by atoms with Crippen molar-refractivity contribution in [3.8, 4) is 0 Å². The van der Waals surface area contributed by atoms with Gasteiger partial charge in [0.1, 0.15) is 15.7 Å². The molecule has 1 aliphatic rings. The third-order valence-corrected chi connectivity index (χ3v) is 6.65. The monoisotopic (exact) mass is 394 g/mol. The second kappa shape index (κ2) is 9.01. The number of thioether (sulfide) groups is 1. The molecule has 2 aromatic rings. The first-order valence-electron chi connectivity index (χ1n) is 9.00. The molecule has 6 nitrogen and oxygen atoms in total. The SMILES string of the molecule is CS(=O)(=O)CCSc1nnc(CN2CCCCC2)n1Cc1ccccc1. The van der Waals surface area contributed by atoms with Gasteiger partial charge in [-0.3, -0.25) is 4.90 Å². The Hall–Kier alpha value is -1.38. The first-order chi connectivity index (χ1) is 12.5. The van der Waals surface area contributed by atoms with Gasteiger partial charge in [-0.15, -0.1) is 10.2 Å². The fourth-order valence-corrected chi connectivity index (χ4v) is 5.22. The number of hydrogen-bond acceptors (Lipinski definition) is 6. The van der Waals surface area contributed by atoms with Gasteiger partial charge in [-0.2, -0.15) is 0 Å². The molecule has 1 aromatic heterocycles. The maximum atomic E-state index is 11.4. The average Bonchev–Trinajstić information content (AvgIpc) is 2.97. The summed E-state index contributed by atoms with van der Waals surface area (Å²) in [6.45, 7) is 3.72. The quantitative estimate of drug-likeness (QED) is 0.641. The molecule has 1 saturated heterocycles. The Morgan fingerprint density at radius 1 is 1.04 bits per heavy atom. The van der Waals surface area contributed by atoms with Crippen LogP contribution in [0.15, 0.2) is 35.5 Å². The zero-order valence-electron chi connectivity index (χ0n) is 15.2. The summed E-state index contributed by atoms with van der Waals surface area (Å²) in [7, 11) is -2.97. The largest absolute Gasteiger partial charge is 0.300 e. The Labute approximate surface area is 159 Å². The van der Waals surface area contributed by atoms with Gasteiger partial charge in [0.2, 0.25) is 0 Å². The lowest BCUT2D eigenvalue weighted by molar-refractivity contribution is 0.213. The molecule has 0 atom stereocenters. The van der Waals surface area contributed by atoms with Crippen LogP contribution in [0.3, 0.4) is 0 Å². The number of hydrogen-bond donors (Lipinski definition) is 0. The van der Waals surface area contributed by atoms with E-state index in [0.29, 0.717) is 12.3 Å². The van der Waals surface area contributed by atoms with Gasteiger partial charge in [0.15, 0.2) is 5.16 Å². The third kappa shape index (κ3) is 5.82. The lowest BCUT2D eigenvalue weighted by Crippen LogP contribution is -2.30. The smallest absolute Gasteiger partial charge is 0.191 e. The summed E-state index contributed by atoms with van der Waals surface area (Å²) in [6.07, 6.45) is 5.05. The third-order valence-electron chi connectivity index (χ3n) is 4.48. The summed E-state index contributed by atoms with van der Waals surface area (Å²) < 4.78 is 24.9. The molecule has 1 fully saturated rings. The van der Waals surface area contributed by atoms with Crippen molar-refractivity contribution < 1.29 is 8.42 Å². The van der Waals surface area contributed by atoms with E-state index in [9.17, 15) is 8.42 Å². The van der Waals surface area contributed by atoms with E-state index in [0.717, 1.165) is 30.6 Å². The normalized spacial score (nSPS) is 16.0. The zero-order chi connectivity index (χ0) is 18.4. The molecular weight excluding hydrogens is 368 g/mol. The summed E-state index contributed by atoms with van der Waals surface area (Å²) in [6, 6.07) is 10.2. The number of nitrogens with zero attached hydrogens (tertiary/aromatic N) is 4. The van der Waals surface area contributed by atoms with E-state index in [2.05, 4.69) is 31.8 Å². The van der Waals surface area contributed by atoms with Gasteiger partial charge in [-0.25, -0.2) is 8.42 Å². The number of rotatable bonds is 8. The summed E-state index contributed by atoms with van der Waals surface area (Å²) in [5.74, 6) is 1.60. The van der Waals surface area contributed by atoms with Crippen molar-refractivity contribution in [2.45, 2.75) is 37.5 Å². The predicted molar refractivity (Wildman–Crippen MR) is 105 cm³/mol. The standard InChI is InChI=1S/C18H26N4O2S2/c1-26(23,24)13-12-25-18-20-19-17(15-21-10-6-3-7-11-21)22(18)14-16-8-4-2-5-9-16/h2,4-5,8-9H,3,6-7,10-15H2,1H3. The van der Waals surface area contributed by atoms with Crippen LogP contribution < -0.4 is 0 Å².